The minimum absolute atomic E-state index is 0.179. The lowest BCUT2D eigenvalue weighted by Gasteiger charge is -2.31. The summed E-state index contributed by atoms with van der Waals surface area (Å²) >= 11 is 12.9. The van der Waals surface area contributed by atoms with Crippen molar-refractivity contribution in [2.45, 2.75) is 32.7 Å². The Bertz CT molecular complexity index is 1240. The highest BCUT2D eigenvalue weighted by atomic mass is 35.5. The lowest BCUT2D eigenvalue weighted by Crippen LogP contribution is -2.42. The van der Waals surface area contributed by atoms with Crippen LogP contribution in [0.25, 0.3) is 10.2 Å². The zero-order valence-corrected chi connectivity index (χ0v) is 19.3. The number of aryl methyl sites for hydroxylation is 1. The van der Waals surface area contributed by atoms with Gasteiger partial charge in [-0.05, 0) is 68.3 Å². The number of halogens is 2. The van der Waals surface area contributed by atoms with Gasteiger partial charge in [0.15, 0.2) is 0 Å². The van der Waals surface area contributed by atoms with Crippen LogP contribution in [0.2, 0.25) is 5.02 Å². The zero-order valence-electron chi connectivity index (χ0n) is 16.9. The standard InChI is InChI=1S/C21H22ClFN4O2S2/c1-2-15-10-16-19(31-15)24-21(30)27(20(16)29)25-18(28)12-5-7-26(8-6-12)11-13-3-4-14(23)9-17(13)22/h3-4,9-10,12H,2,5-8,11H2,1H3,(H,24,30)(H,25,28). The van der Waals surface area contributed by atoms with E-state index >= 15 is 0 Å². The predicted octanol–water partition coefficient (Wildman–Crippen LogP) is 4.46. The Morgan fingerprint density at radius 2 is 2.10 bits per heavy atom. The number of H-pyrrole nitrogens is 1. The summed E-state index contributed by atoms with van der Waals surface area (Å²) in [6, 6.07) is 6.24. The SMILES string of the molecule is CCc1cc2c(=O)n(NC(=O)C3CCN(Cc4ccc(F)cc4Cl)CC3)c(=S)[nH]c2s1. The number of amides is 1. The number of aromatic nitrogens is 2. The van der Waals surface area contributed by atoms with Gasteiger partial charge in [0.2, 0.25) is 10.7 Å². The van der Waals surface area contributed by atoms with Crippen molar-refractivity contribution in [3.05, 3.63) is 60.7 Å². The molecule has 0 bridgehead atoms. The fourth-order valence-electron chi connectivity index (χ4n) is 3.78. The van der Waals surface area contributed by atoms with Gasteiger partial charge in [0, 0.05) is 22.4 Å². The van der Waals surface area contributed by atoms with Gasteiger partial charge in [-0.25, -0.2) is 4.39 Å². The molecule has 3 aromatic rings. The molecule has 164 valence electrons. The second kappa shape index (κ2) is 9.20. The maximum absolute atomic E-state index is 13.2. The van der Waals surface area contributed by atoms with Crippen LogP contribution in [0.3, 0.4) is 0 Å². The van der Waals surface area contributed by atoms with E-state index in [9.17, 15) is 14.0 Å². The average molecular weight is 481 g/mol. The molecule has 1 aliphatic heterocycles. The van der Waals surface area contributed by atoms with Crippen molar-refractivity contribution in [1.82, 2.24) is 14.6 Å². The van der Waals surface area contributed by atoms with E-state index in [1.54, 1.807) is 6.07 Å². The molecule has 2 N–H and O–H groups in total. The molecule has 0 radical (unpaired) electrons. The fourth-order valence-corrected chi connectivity index (χ4v) is 5.29. The third-order valence-corrected chi connectivity index (χ3v) is 7.41. The first-order chi connectivity index (χ1) is 14.9. The Hall–Kier alpha value is -2.07. The van der Waals surface area contributed by atoms with Gasteiger partial charge in [0.25, 0.3) is 5.56 Å². The molecular weight excluding hydrogens is 459 g/mol. The molecule has 10 heteroatoms. The summed E-state index contributed by atoms with van der Waals surface area (Å²) in [5, 5.41) is 0.935. The summed E-state index contributed by atoms with van der Waals surface area (Å²) in [5.74, 6) is -0.791. The van der Waals surface area contributed by atoms with Crippen LogP contribution in [-0.4, -0.2) is 33.6 Å². The molecule has 1 aromatic carbocycles. The largest absolute Gasteiger partial charge is 0.322 e. The Morgan fingerprint density at radius 3 is 2.77 bits per heavy atom. The van der Waals surface area contributed by atoms with Crippen molar-refractivity contribution in [3.63, 3.8) is 0 Å². The number of carbonyl (C=O) groups is 1. The second-order valence-corrected chi connectivity index (χ2v) is 9.57. The molecule has 0 unspecified atom stereocenters. The third kappa shape index (κ3) is 4.74. The van der Waals surface area contributed by atoms with Gasteiger partial charge >= 0.3 is 0 Å². The molecule has 6 nitrogen and oxygen atoms in total. The number of benzene rings is 1. The van der Waals surface area contributed by atoms with Gasteiger partial charge in [0.1, 0.15) is 10.6 Å². The first kappa shape index (κ1) is 22.1. The minimum Gasteiger partial charge on any atom is -0.322 e. The number of piperidine rings is 1. The van der Waals surface area contributed by atoms with Crippen LogP contribution < -0.4 is 11.0 Å². The van der Waals surface area contributed by atoms with Crippen molar-refractivity contribution in [1.29, 1.82) is 0 Å². The Balaban J connectivity index is 1.41. The molecule has 3 heterocycles. The van der Waals surface area contributed by atoms with E-state index in [1.165, 1.54) is 23.5 Å². The van der Waals surface area contributed by atoms with Gasteiger partial charge in [-0.3, -0.25) is 19.9 Å². The average Bonchev–Trinajstić information content (AvgIpc) is 3.17. The lowest BCUT2D eigenvalue weighted by molar-refractivity contribution is -0.122. The molecule has 0 atom stereocenters. The summed E-state index contributed by atoms with van der Waals surface area (Å²) in [4.78, 5) is 32.7. The van der Waals surface area contributed by atoms with Gasteiger partial charge in [0.05, 0.1) is 5.39 Å². The topological polar surface area (TPSA) is 70.1 Å². The molecule has 1 amide bonds. The molecule has 1 saturated heterocycles. The highest BCUT2D eigenvalue weighted by Gasteiger charge is 2.26. The molecule has 1 aliphatic rings. The summed E-state index contributed by atoms with van der Waals surface area (Å²) in [7, 11) is 0. The number of hydrogen-bond acceptors (Lipinski definition) is 5. The van der Waals surface area contributed by atoms with Crippen molar-refractivity contribution >= 4 is 51.3 Å². The zero-order chi connectivity index (χ0) is 22.1. The summed E-state index contributed by atoms with van der Waals surface area (Å²) < 4.78 is 14.5. The van der Waals surface area contributed by atoms with Gasteiger partial charge in [-0.15, -0.1) is 11.3 Å². The van der Waals surface area contributed by atoms with Gasteiger partial charge < -0.3 is 4.98 Å². The number of likely N-dealkylation sites (tertiary alicyclic amines) is 1. The van der Waals surface area contributed by atoms with E-state index in [2.05, 4.69) is 15.3 Å². The minimum atomic E-state index is -0.357. The summed E-state index contributed by atoms with van der Waals surface area (Å²) in [6.45, 7) is 4.04. The fraction of sp³-hybridized carbons (Fsp3) is 0.381. The molecule has 0 spiro atoms. The van der Waals surface area contributed by atoms with Crippen LogP contribution in [0.15, 0.2) is 29.1 Å². The number of carbonyl (C=O) groups excluding carboxylic acids is 1. The second-order valence-electron chi connectivity index (χ2n) is 7.64. The lowest BCUT2D eigenvalue weighted by atomic mass is 9.96. The van der Waals surface area contributed by atoms with E-state index in [4.69, 9.17) is 23.8 Å². The number of nitrogens with one attached hydrogen (secondary N) is 2. The van der Waals surface area contributed by atoms with Crippen LogP contribution in [-0.2, 0) is 17.8 Å². The van der Waals surface area contributed by atoms with Gasteiger partial charge in [-0.1, -0.05) is 24.6 Å². The Kier molecular flexibility index (Phi) is 6.57. The Labute approximate surface area is 192 Å². The summed E-state index contributed by atoms with van der Waals surface area (Å²) in [5.41, 5.74) is 3.25. The van der Waals surface area contributed by atoms with Crippen molar-refractivity contribution < 1.29 is 9.18 Å². The summed E-state index contributed by atoms with van der Waals surface area (Å²) in [6.07, 6.45) is 2.13. The normalized spacial score (nSPS) is 15.5. The van der Waals surface area contributed by atoms with Crippen LogP contribution in [0, 0.1) is 16.5 Å². The van der Waals surface area contributed by atoms with Crippen LogP contribution >= 0.6 is 35.2 Å². The van der Waals surface area contributed by atoms with Crippen molar-refractivity contribution in [2.24, 2.45) is 5.92 Å². The quantitative estimate of drug-likeness (QED) is 0.529. The number of thiophene rings is 1. The van der Waals surface area contributed by atoms with Crippen LogP contribution in [0.5, 0.6) is 0 Å². The number of aromatic amines is 1. The molecule has 31 heavy (non-hydrogen) atoms. The number of rotatable bonds is 5. The predicted molar refractivity (Wildman–Crippen MR) is 124 cm³/mol. The smallest absolute Gasteiger partial charge is 0.282 e. The van der Waals surface area contributed by atoms with Gasteiger partial charge in [-0.2, -0.15) is 4.68 Å². The van der Waals surface area contributed by atoms with E-state index in [1.807, 2.05) is 13.0 Å². The van der Waals surface area contributed by atoms with Crippen LogP contribution in [0.1, 0.15) is 30.2 Å². The number of fused-ring (bicyclic) bond motifs is 1. The molecule has 2 aromatic heterocycles. The Morgan fingerprint density at radius 1 is 1.35 bits per heavy atom. The highest BCUT2D eigenvalue weighted by Crippen LogP contribution is 2.24. The van der Waals surface area contributed by atoms with E-state index < -0.39 is 0 Å². The maximum atomic E-state index is 13.2. The van der Waals surface area contributed by atoms with E-state index in [0.717, 1.165) is 26.4 Å². The number of hydrogen-bond donors (Lipinski definition) is 2. The molecule has 4 rings (SSSR count). The molecule has 1 fully saturated rings. The highest BCUT2D eigenvalue weighted by molar-refractivity contribution is 7.71. The molecular formula is C21H22ClFN4O2S2. The van der Waals surface area contributed by atoms with Crippen molar-refractivity contribution in [2.75, 3.05) is 18.5 Å². The molecule has 0 aliphatic carbocycles. The van der Waals surface area contributed by atoms with Crippen LogP contribution in [0.4, 0.5) is 4.39 Å². The first-order valence-electron chi connectivity index (χ1n) is 10.1. The number of nitrogens with zero attached hydrogens (tertiary/aromatic N) is 2. The first-order valence-corrected chi connectivity index (χ1v) is 11.7. The van der Waals surface area contributed by atoms with E-state index in [-0.39, 0.29) is 28.0 Å². The van der Waals surface area contributed by atoms with E-state index in [0.29, 0.717) is 42.9 Å². The molecule has 0 saturated carbocycles. The maximum Gasteiger partial charge on any atom is 0.282 e. The monoisotopic (exact) mass is 480 g/mol. The third-order valence-electron chi connectivity index (χ3n) is 5.58. The van der Waals surface area contributed by atoms with Crippen molar-refractivity contribution in [3.8, 4) is 0 Å².